The molecule has 3 aromatic rings. The van der Waals surface area contributed by atoms with Crippen LogP contribution in [-0.2, 0) is 84.8 Å². The monoisotopic (exact) mass is 1540 g/mol. The minimum atomic E-state index is -1.70. The van der Waals surface area contributed by atoms with Gasteiger partial charge in [0.1, 0.15) is 66.5 Å². The van der Waals surface area contributed by atoms with Crippen molar-refractivity contribution in [3.63, 3.8) is 0 Å². The summed E-state index contributed by atoms with van der Waals surface area (Å²) in [4.78, 5) is 202. The standard InChI is InChI=1S/C76H116N14O20/c1-8-44(4)63(72(104)89-64(46(6)92)73(105)80-45(5)66(98)85-56(76(109)110)39-49-41-79-51-30-25-24-29-50(49)51)87-67(99)52(34-35-59(77)94)82-71(103)58-31-26-36-90(58)62(97)33-23-18-16-14-12-10-9-11-13-15-17-22-32-61(96)81-57(42-91)70(102)88-65(47(7)93)74(106)84-53(37-43(2)3)68(100)83-54(40-60(78)95)69(101)86-55(75(107)108)38-48-27-20-19-21-28-48/h19-21,24-25,27-30,41,43-47,52-58,63-65,79,91-93H,8-18,22-23,26,31-40,42H2,1-7H3,(H2,77,94)(H2,78,95)(H,80,105)(H,81,96)(H,82,103)(H,83,100)(H,84,106)(H,85,98)(H,86,101)(H,87,99)(H,88,102)(H,89,104)(H,107,108)(H,109,110)/t44-,45-,46+,47+,52-,53-,54-,55-,56-,57-,58-,63-,64-,65-/m0/s1. The number of carboxylic acids is 2. The van der Waals surface area contributed by atoms with Crippen LogP contribution < -0.4 is 64.6 Å². The number of nitrogens with zero attached hydrogens (tertiary/aromatic N) is 1. The van der Waals surface area contributed by atoms with Crippen molar-refractivity contribution in [1.82, 2.24) is 63.1 Å². The molecule has 1 aromatic heterocycles. The molecule has 1 fully saturated rings. The molecule has 0 unspecified atom stereocenters. The van der Waals surface area contributed by atoms with Crippen LogP contribution in [0.5, 0.6) is 0 Å². The summed E-state index contributed by atoms with van der Waals surface area (Å²) in [5.74, 6) is -14.4. The zero-order valence-corrected chi connectivity index (χ0v) is 64.1. The van der Waals surface area contributed by atoms with Crippen molar-refractivity contribution in [2.24, 2.45) is 23.3 Å². The summed E-state index contributed by atoms with van der Waals surface area (Å²) >= 11 is 0. The summed E-state index contributed by atoms with van der Waals surface area (Å²) in [6.45, 7) is 9.98. The number of unbranched alkanes of at least 4 members (excludes halogenated alkanes) is 11. The van der Waals surface area contributed by atoms with Crippen molar-refractivity contribution in [1.29, 1.82) is 0 Å². The number of aliphatic hydroxyl groups excluding tert-OH is 3. The molecule has 610 valence electrons. The molecular formula is C76H116N14O20. The van der Waals surface area contributed by atoms with Crippen LogP contribution in [0.15, 0.2) is 60.8 Å². The quantitative estimate of drug-likeness (QED) is 0.0341. The van der Waals surface area contributed by atoms with E-state index in [0.29, 0.717) is 56.2 Å². The van der Waals surface area contributed by atoms with Crippen molar-refractivity contribution in [3.8, 4) is 0 Å². The van der Waals surface area contributed by atoms with Gasteiger partial charge in [-0.1, -0.05) is 147 Å². The highest BCUT2D eigenvalue weighted by molar-refractivity contribution is 6.00. The molecule has 1 aliphatic heterocycles. The lowest BCUT2D eigenvalue weighted by molar-refractivity contribution is -0.143. The smallest absolute Gasteiger partial charge is 0.326 e. The third kappa shape index (κ3) is 31.9. The number of carbonyl (C=O) groups excluding carboxylic acids is 13. The highest BCUT2D eigenvalue weighted by Crippen LogP contribution is 2.23. The Balaban J connectivity index is 1.15. The van der Waals surface area contributed by atoms with Crippen molar-refractivity contribution < 1.29 is 97.5 Å². The molecule has 20 N–H and O–H groups in total. The maximum absolute atomic E-state index is 14.1. The summed E-state index contributed by atoms with van der Waals surface area (Å²) in [5, 5.41) is 76.5. The summed E-state index contributed by atoms with van der Waals surface area (Å²) < 4.78 is 0. The maximum Gasteiger partial charge on any atom is 0.326 e. The summed E-state index contributed by atoms with van der Waals surface area (Å²) in [7, 11) is 0. The molecule has 1 saturated heterocycles. The van der Waals surface area contributed by atoms with Gasteiger partial charge in [0, 0.05) is 55.7 Å². The van der Waals surface area contributed by atoms with E-state index in [2.05, 4.69) is 58.2 Å². The van der Waals surface area contributed by atoms with Crippen LogP contribution >= 0.6 is 0 Å². The first-order valence-corrected chi connectivity index (χ1v) is 38.1. The molecule has 0 spiro atoms. The number of carbonyl (C=O) groups is 15. The first-order chi connectivity index (χ1) is 52.1. The molecule has 34 nitrogen and oxygen atoms in total. The van der Waals surface area contributed by atoms with Crippen LogP contribution in [0.3, 0.4) is 0 Å². The van der Waals surface area contributed by atoms with Gasteiger partial charge in [-0.2, -0.15) is 0 Å². The van der Waals surface area contributed by atoms with Gasteiger partial charge in [0.2, 0.25) is 76.8 Å². The highest BCUT2D eigenvalue weighted by Gasteiger charge is 2.40. The number of carboxylic acid groups (broad SMARTS) is 2. The predicted molar refractivity (Wildman–Crippen MR) is 403 cm³/mol. The van der Waals surface area contributed by atoms with Gasteiger partial charge in [0.15, 0.2) is 0 Å². The number of aliphatic hydroxyl groups is 3. The number of likely N-dealkylation sites (tertiary alicyclic amines) is 1. The maximum atomic E-state index is 14.1. The molecule has 0 saturated carbocycles. The Bertz CT molecular complexity index is 3570. The summed E-state index contributed by atoms with van der Waals surface area (Å²) in [6.07, 6.45) is 8.46. The van der Waals surface area contributed by atoms with Gasteiger partial charge in [-0.15, -0.1) is 0 Å². The number of benzene rings is 2. The molecule has 1 aliphatic rings. The van der Waals surface area contributed by atoms with Crippen molar-refractivity contribution >= 4 is 99.6 Å². The number of primary amides is 2. The Morgan fingerprint density at radius 2 is 0.982 bits per heavy atom. The number of rotatable bonds is 52. The summed E-state index contributed by atoms with van der Waals surface area (Å²) in [6, 6.07) is -0.191. The zero-order chi connectivity index (χ0) is 81.7. The SMILES string of the molecule is CC[C@H](C)[C@H](NC(=O)[C@H](CCC(N)=O)NC(=O)[C@@H]1CCCN1C(=O)CCCCCCCCCCCCCCC(=O)N[C@@H](CO)C(=O)N[C@H](C(=O)N[C@@H](CC(C)C)C(=O)N[C@@H](CC(N)=O)C(=O)N[C@@H](Cc1ccccc1)C(=O)O)[C@@H](C)O)C(=O)N[C@H](C(=O)N[C@@H](C)C(=O)N[C@@H](Cc1c[nH]c2ccccc12)C(=O)O)[C@@H](C)O. The van der Waals surface area contributed by atoms with E-state index < -0.39 is 180 Å². The van der Waals surface area contributed by atoms with Crippen LogP contribution in [0.25, 0.3) is 10.9 Å². The average molecular weight is 1550 g/mol. The molecule has 13 amide bonds. The van der Waals surface area contributed by atoms with E-state index in [0.717, 1.165) is 68.7 Å². The van der Waals surface area contributed by atoms with Crippen LogP contribution in [0, 0.1) is 11.8 Å². The van der Waals surface area contributed by atoms with E-state index in [-0.39, 0.29) is 56.8 Å². The first-order valence-electron chi connectivity index (χ1n) is 38.1. The summed E-state index contributed by atoms with van der Waals surface area (Å²) in [5.41, 5.74) is 12.8. The Hall–Kier alpha value is -10.1. The lowest BCUT2D eigenvalue weighted by Gasteiger charge is -2.30. The number of aromatic nitrogens is 1. The lowest BCUT2D eigenvalue weighted by atomic mass is 9.96. The van der Waals surface area contributed by atoms with Crippen LogP contribution in [0.2, 0.25) is 0 Å². The molecule has 0 radical (unpaired) electrons. The Labute approximate surface area is 640 Å². The fourth-order valence-corrected chi connectivity index (χ4v) is 12.7. The van der Waals surface area contributed by atoms with Crippen LogP contribution in [-0.4, -0.2) is 216 Å². The Morgan fingerprint density at radius 1 is 0.500 bits per heavy atom. The van der Waals surface area contributed by atoms with Gasteiger partial charge in [-0.3, -0.25) is 62.3 Å². The molecule has 0 aliphatic carbocycles. The first kappa shape index (κ1) is 92.3. The predicted octanol–water partition coefficient (Wildman–Crippen LogP) is 0.430. The minimum Gasteiger partial charge on any atom is -0.480 e. The van der Waals surface area contributed by atoms with E-state index in [9.17, 15) is 97.5 Å². The normalized spacial score (nSPS) is 16.2. The number of nitrogens with one attached hydrogen (secondary N) is 11. The second-order valence-electron chi connectivity index (χ2n) is 28.9. The Morgan fingerprint density at radius 3 is 1.54 bits per heavy atom. The highest BCUT2D eigenvalue weighted by atomic mass is 16.4. The molecule has 2 aromatic carbocycles. The molecule has 110 heavy (non-hydrogen) atoms. The van der Waals surface area contributed by atoms with Gasteiger partial charge >= 0.3 is 11.9 Å². The molecule has 0 bridgehead atoms. The van der Waals surface area contributed by atoms with E-state index in [1.165, 1.54) is 25.7 Å². The van der Waals surface area contributed by atoms with E-state index >= 15 is 0 Å². The van der Waals surface area contributed by atoms with Crippen molar-refractivity contribution in [3.05, 3.63) is 71.9 Å². The fraction of sp³-hybridized carbons (Fsp3) is 0.618. The number of fused-ring (bicyclic) bond motifs is 1. The van der Waals surface area contributed by atoms with Crippen LogP contribution in [0.4, 0.5) is 0 Å². The number of hydrogen-bond acceptors (Lipinski definition) is 18. The molecule has 2 heterocycles. The van der Waals surface area contributed by atoms with E-state index in [1.807, 2.05) is 12.1 Å². The minimum absolute atomic E-state index is 0.0329. The van der Waals surface area contributed by atoms with E-state index in [1.54, 1.807) is 76.4 Å². The van der Waals surface area contributed by atoms with Gasteiger partial charge in [-0.05, 0) is 88.3 Å². The zero-order valence-electron chi connectivity index (χ0n) is 64.1. The number of hydrogen-bond donors (Lipinski definition) is 18. The lowest BCUT2D eigenvalue weighted by Crippen LogP contribution is -2.62. The second kappa shape index (κ2) is 47.8. The number of amides is 13. The van der Waals surface area contributed by atoms with Gasteiger partial charge in [-0.25, -0.2) is 9.59 Å². The average Bonchev–Trinajstić information content (AvgIpc) is 1.44. The topological polar surface area (TPSA) is 549 Å². The Kier molecular flexibility index (Phi) is 40.1. The molecular weight excluding hydrogens is 1430 g/mol. The number of aromatic amines is 1. The van der Waals surface area contributed by atoms with E-state index in [4.69, 9.17) is 11.5 Å². The van der Waals surface area contributed by atoms with Gasteiger partial charge < -0.3 is 100 Å². The number of para-hydroxylation sites is 1. The third-order valence-electron chi connectivity index (χ3n) is 19.2. The van der Waals surface area contributed by atoms with Gasteiger partial charge in [0.25, 0.3) is 0 Å². The fourth-order valence-electron chi connectivity index (χ4n) is 12.7. The van der Waals surface area contributed by atoms with Crippen molar-refractivity contribution in [2.75, 3.05) is 13.2 Å². The molecule has 4 rings (SSSR count). The van der Waals surface area contributed by atoms with Gasteiger partial charge in [0.05, 0.1) is 25.2 Å². The van der Waals surface area contributed by atoms with Crippen molar-refractivity contribution in [2.45, 2.75) is 275 Å². The number of aliphatic carboxylic acids is 2. The molecule has 14 atom stereocenters. The molecule has 34 heteroatoms. The number of H-pyrrole nitrogens is 1. The van der Waals surface area contributed by atoms with Crippen LogP contribution in [0.1, 0.15) is 194 Å². The number of nitrogens with two attached hydrogens (primary N) is 2. The largest absolute Gasteiger partial charge is 0.480 e. The second-order valence-corrected chi connectivity index (χ2v) is 28.9. The third-order valence-corrected chi connectivity index (χ3v) is 19.2.